The quantitative estimate of drug-likeness (QED) is 0.906. The van der Waals surface area contributed by atoms with E-state index in [0.29, 0.717) is 10.6 Å². The molecule has 2 rings (SSSR count). The lowest BCUT2D eigenvalue weighted by molar-refractivity contribution is 0.0696. The van der Waals surface area contributed by atoms with Gasteiger partial charge in [-0.1, -0.05) is 6.07 Å². The van der Waals surface area contributed by atoms with Crippen LogP contribution in [0.3, 0.4) is 0 Å². The van der Waals surface area contributed by atoms with Crippen LogP contribution in [0.4, 0.5) is 0 Å². The van der Waals surface area contributed by atoms with Gasteiger partial charge in [0.1, 0.15) is 0 Å². The van der Waals surface area contributed by atoms with Crippen molar-refractivity contribution in [2.24, 2.45) is 7.05 Å². The van der Waals surface area contributed by atoms with Crippen LogP contribution in [0.25, 0.3) is 0 Å². The summed E-state index contributed by atoms with van der Waals surface area (Å²) in [5, 5.41) is 12.9. The van der Waals surface area contributed by atoms with Crippen LogP contribution in [0.2, 0.25) is 0 Å². The molecule has 1 aromatic carbocycles. The molecule has 5 nitrogen and oxygen atoms in total. The standard InChI is InChI=1S/C12H12N2O3S/c1-14-7-9(6-13-14)8-18(17)11-4-2-3-10(5-11)12(15)16/h2-7H,8H2,1H3,(H,15,16). The molecule has 2 aromatic rings. The molecular weight excluding hydrogens is 252 g/mol. The molecule has 1 N–H and O–H groups in total. The lowest BCUT2D eigenvalue weighted by Gasteiger charge is -2.01. The van der Waals surface area contributed by atoms with Gasteiger partial charge in [-0.15, -0.1) is 0 Å². The van der Waals surface area contributed by atoms with Crippen molar-refractivity contribution in [2.75, 3.05) is 0 Å². The summed E-state index contributed by atoms with van der Waals surface area (Å²) in [7, 11) is 0.525. The van der Waals surface area contributed by atoms with Crippen LogP contribution in [0.5, 0.6) is 0 Å². The number of carboxylic acid groups (broad SMARTS) is 1. The number of carboxylic acids is 1. The Hall–Kier alpha value is -1.95. The Bertz CT molecular complexity index is 607. The van der Waals surface area contributed by atoms with E-state index in [1.54, 1.807) is 36.3 Å². The summed E-state index contributed by atoms with van der Waals surface area (Å²) in [6.45, 7) is 0. The molecule has 0 saturated heterocycles. The Kier molecular flexibility index (Phi) is 3.57. The minimum atomic E-state index is -1.26. The molecule has 94 valence electrons. The molecule has 18 heavy (non-hydrogen) atoms. The van der Waals surface area contributed by atoms with Gasteiger partial charge in [0.15, 0.2) is 0 Å². The van der Waals surface area contributed by atoms with E-state index in [-0.39, 0.29) is 5.56 Å². The highest BCUT2D eigenvalue weighted by Gasteiger charge is 2.09. The zero-order valence-corrected chi connectivity index (χ0v) is 10.6. The molecule has 1 atom stereocenters. The van der Waals surface area contributed by atoms with Crippen molar-refractivity contribution >= 4 is 16.8 Å². The molecule has 0 amide bonds. The lowest BCUT2D eigenvalue weighted by atomic mass is 10.2. The molecule has 0 saturated carbocycles. The van der Waals surface area contributed by atoms with Crippen LogP contribution in [0.1, 0.15) is 15.9 Å². The average molecular weight is 264 g/mol. The topological polar surface area (TPSA) is 72.2 Å². The second-order valence-electron chi connectivity index (χ2n) is 3.85. The van der Waals surface area contributed by atoms with Gasteiger partial charge in [0.2, 0.25) is 0 Å². The summed E-state index contributed by atoms with van der Waals surface area (Å²) < 4.78 is 13.7. The molecule has 0 bridgehead atoms. The first-order valence-electron chi connectivity index (χ1n) is 5.25. The van der Waals surface area contributed by atoms with Crippen molar-refractivity contribution in [3.63, 3.8) is 0 Å². The Morgan fingerprint density at radius 2 is 2.28 bits per heavy atom. The fourth-order valence-electron chi connectivity index (χ4n) is 1.55. The number of benzene rings is 1. The summed E-state index contributed by atoms with van der Waals surface area (Å²) >= 11 is 0. The Labute approximate surface area is 107 Å². The van der Waals surface area contributed by atoms with E-state index in [4.69, 9.17) is 5.11 Å². The second-order valence-corrected chi connectivity index (χ2v) is 5.30. The van der Waals surface area contributed by atoms with Crippen molar-refractivity contribution in [1.29, 1.82) is 0 Å². The van der Waals surface area contributed by atoms with Gasteiger partial charge >= 0.3 is 5.97 Å². The zero-order valence-electron chi connectivity index (χ0n) is 9.74. The first-order valence-corrected chi connectivity index (χ1v) is 6.57. The number of carbonyl (C=O) groups is 1. The van der Waals surface area contributed by atoms with Gasteiger partial charge in [0.05, 0.1) is 28.3 Å². The van der Waals surface area contributed by atoms with Crippen molar-refractivity contribution in [3.8, 4) is 0 Å². The van der Waals surface area contributed by atoms with Crippen LogP contribution in [-0.2, 0) is 23.6 Å². The maximum atomic E-state index is 12.1. The molecule has 0 fully saturated rings. The number of hydrogen-bond acceptors (Lipinski definition) is 3. The van der Waals surface area contributed by atoms with Crippen LogP contribution in [-0.4, -0.2) is 25.1 Å². The van der Waals surface area contributed by atoms with E-state index in [1.807, 2.05) is 0 Å². The Balaban J connectivity index is 2.18. The average Bonchev–Trinajstić information content (AvgIpc) is 2.75. The highest BCUT2D eigenvalue weighted by Crippen LogP contribution is 2.13. The van der Waals surface area contributed by atoms with E-state index >= 15 is 0 Å². The molecule has 6 heteroatoms. The minimum absolute atomic E-state index is 0.145. The normalized spacial score (nSPS) is 12.3. The number of rotatable bonds is 4. The molecule has 1 aromatic heterocycles. The van der Waals surface area contributed by atoms with Gasteiger partial charge in [0, 0.05) is 23.7 Å². The number of hydrogen-bond donors (Lipinski definition) is 1. The first kappa shape index (κ1) is 12.5. The summed E-state index contributed by atoms with van der Waals surface area (Å²) in [6.07, 6.45) is 3.44. The number of aromatic nitrogens is 2. The summed E-state index contributed by atoms with van der Waals surface area (Å²) in [6, 6.07) is 6.18. The van der Waals surface area contributed by atoms with Gasteiger partial charge in [-0.2, -0.15) is 5.10 Å². The molecule has 1 heterocycles. The molecule has 1 unspecified atom stereocenters. The number of nitrogens with zero attached hydrogens (tertiary/aromatic N) is 2. The van der Waals surface area contributed by atoms with Crippen LogP contribution >= 0.6 is 0 Å². The molecular formula is C12H12N2O3S. The van der Waals surface area contributed by atoms with Crippen molar-refractivity contribution in [1.82, 2.24) is 9.78 Å². The summed E-state index contributed by atoms with van der Waals surface area (Å²) in [4.78, 5) is 11.3. The Morgan fingerprint density at radius 3 is 2.89 bits per heavy atom. The molecule has 0 spiro atoms. The lowest BCUT2D eigenvalue weighted by Crippen LogP contribution is -2.00. The second kappa shape index (κ2) is 5.14. The van der Waals surface area contributed by atoms with Crippen LogP contribution < -0.4 is 0 Å². The number of aryl methyl sites for hydroxylation is 1. The fourth-order valence-corrected chi connectivity index (χ4v) is 2.66. The summed E-state index contributed by atoms with van der Waals surface area (Å²) in [5.41, 5.74) is 1.00. The Morgan fingerprint density at radius 1 is 1.50 bits per heavy atom. The number of aromatic carboxylic acids is 1. The van der Waals surface area contributed by atoms with Gasteiger partial charge in [-0.25, -0.2) is 4.79 Å². The maximum Gasteiger partial charge on any atom is 0.335 e. The third-order valence-electron chi connectivity index (χ3n) is 2.40. The van der Waals surface area contributed by atoms with Crippen LogP contribution in [0, 0.1) is 0 Å². The predicted molar refractivity (Wildman–Crippen MR) is 66.7 cm³/mol. The fraction of sp³-hybridized carbons (Fsp3) is 0.167. The monoisotopic (exact) mass is 264 g/mol. The highest BCUT2D eigenvalue weighted by atomic mass is 32.2. The van der Waals surface area contributed by atoms with Gasteiger partial charge in [0.25, 0.3) is 0 Å². The molecule has 0 aliphatic rings. The maximum absolute atomic E-state index is 12.1. The van der Waals surface area contributed by atoms with E-state index in [9.17, 15) is 9.00 Å². The van der Waals surface area contributed by atoms with Gasteiger partial charge in [-0.05, 0) is 18.2 Å². The first-order chi connectivity index (χ1) is 8.56. The smallest absolute Gasteiger partial charge is 0.335 e. The molecule has 0 aliphatic carbocycles. The van der Waals surface area contributed by atoms with E-state index in [0.717, 1.165) is 5.56 Å². The predicted octanol–water partition coefficient (Wildman–Crippen LogP) is 1.43. The van der Waals surface area contributed by atoms with Crippen molar-refractivity contribution in [3.05, 3.63) is 47.8 Å². The van der Waals surface area contributed by atoms with Crippen molar-refractivity contribution < 1.29 is 14.1 Å². The third kappa shape index (κ3) is 2.84. The molecule has 0 aliphatic heterocycles. The zero-order chi connectivity index (χ0) is 13.1. The minimum Gasteiger partial charge on any atom is -0.478 e. The van der Waals surface area contributed by atoms with Gasteiger partial charge < -0.3 is 5.11 Å². The highest BCUT2D eigenvalue weighted by molar-refractivity contribution is 7.84. The summed E-state index contributed by atoms with van der Waals surface area (Å²) in [5.74, 6) is -0.688. The van der Waals surface area contributed by atoms with E-state index in [2.05, 4.69) is 5.10 Å². The van der Waals surface area contributed by atoms with Crippen molar-refractivity contribution in [2.45, 2.75) is 10.6 Å². The van der Waals surface area contributed by atoms with Gasteiger partial charge in [-0.3, -0.25) is 8.89 Å². The van der Waals surface area contributed by atoms with E-state index < -0.39 is 16.8 Å². The third-order valence-corrected chi connectivity index (χ3v) is 3.78. The SMILES string of the molecule is Cn1cc(CS(=O)c2cccc(C(=O)O)c2)cn1. The molecule has 0 radical (unpaired) electrons. The van der Waals surface area contributed by atoms with Crippen LogP contribution in [0.15, 0.2) is 41.6 Å². The largest absolute Gasteiger partial charge is 0.478 e. The van der Waals surface area contributed by atoms with E-state index in [1.165, 1.54) is 12.1 Å².